The topological polar surface area (TPSA) is 54.5 Å². The van der Waals surface area contributed by atoms with Crippen molar-refractivity contribution < 1.29 is 13.2 Å². The van der Waals surface area contributed by atoms with E-state index < -0.39 is 10.0 Å². The van der Waals surface area contributed by atoms with Crippen LogP contribution in [-0.4, -0.2) is 25.1 Å². The van der Waals surface area contributed by atoms with Crippen LogP contribution in [0.3, 0.4) is 0 Å². The molecule has 1 atom stereocenters. The standard InChI is InChI=1S/C14H15NO3S/c1-10-2-4-14(5-3-10)19(17,18)15-8-11-6-13(16)7-12(11)9-15/h2-5,8,12H,6-7,9H2,1H3. The molecule has 0 saturated heterocycles. The van der Waals surface area contributed by atoms with Gasteiger partial charge in [0.1, 0.15) is 5.78 Å². The van der Waals surface area contributed by atoms with Gasteiger partial charge < -0.3 is 0 Å². The Bertz CT molecular complexity index is 658. The summed E-state index contributed by atoms with van der Waals surface area (Å²) in [6.45, 7) is 2.32. The maximum atomic E-state index is 12.5. The fourth-order valence-corrected chi connectivity index (χ4v) is 4.05. The lowest BCUT2D eigenvalue weighted by Crippen LogP contribution is -2.26. The number of rotatable bonds is 2. The second-order valence-electron chi connectivity index (χ2n) is 5.21. The van der Waals surface area contributed by atoms with Gasteiger partial charge in [0.05, 0.1) is 4.90 Å². The smallest absolute Gasteiger partial charge is 0.263 e. The molecule has 0 N–H and O–H groups in total. The molecule has 5 heteroatoms. The summed E-state index contributed by atoms with van der Waals surface area (Å²) >= 11 is 0. The monoisotopic (exact) mass is 277 g/mol. The van der Waals surface area contributed by atoms with E-state index in [9.17, 15) is 13.2 Å². The molecule has 0 bridgehead atoms. The van der Waals surface area contributed by atoms with Crippen molar-refractivity contribution in [3.05, 3.63) is 41.6 Å². The molecule has 19 heavy (non-hydrogen) atoms. The number of aryl methyl sites for hydroxylation is 1. The van der Waals surface area contributed by atoms with E-state index in [-0.39, 0.29) is 11.7 Å². The summed E-state index contributed by atoms with van der Waals surface area (Å²) in [6, 6.07) is 6.84. The van der Waals surface area contributed by atoms with Gasteiger partial charge in [0.25, 0.3) is 10.0 Å². The lowest BCUT2D eigenvalue weighted by Gasteiger charge is -2.17. The molecule has 0 amide bonds. The zero-order valence-corrected chi connectivity index (χ0v) is 11.5. The van der Waals surface area contributed by atoms with Gasteiger partial charge in [0.15, 0.2) is 0 Å². The molecule has 1 aromatic carbocycles. The number of ketones is 1. The van der Waals surface area contributed by atoms with Crippen LogP contribution in [0.5, 0.6) is 0 Å². The predicted molar refractivity (Wildman–Crippen MR) is 70.9 cm³/mol. The quantitative estimate of drug-likeness (QED) is 0.829. The van der Waals surface area contributed by atoms with Crippen LogP contribution in [0, 0.1) is 12.8 Å². The van der Waals surface area contributed by atoms with Crippen molar-refractivity contribution in [1.82, 2.24) is 4.31 Å². The van der Waals surface area contributed by atoms with E-state index in [1.54, 1.807) is 30.5 Å². The minimum atomic E-state index is -3.47. The Labute approximate surface area is 112 Å². The Morgan fingerprint density at radius 3 is 2.53 bits per heavy atom. The van der Waals surface area contributed by atoms with Crippen molar-refractivity contribution >= 4 is 15.8 Å². The highest BCUT2D eigenvalue weighted by Gasteiger charge is 2.37. The number of hydrogen-bond acceptors (Lipinski definition) is 3. The minimum absolute atomic E-state index is 0.0905. The molecule has 4 nitrogen and oxygen atoms in total. The van der Waals surface area contributed by atoms with Crippen LogP contribution in [0.25, 0.3) is 0 Å². The van der Waals surface area contributed by atoms with E-state index in [0.29, 0.717) is 24.3 Å². The molecule has 1 aliphatic carbocycles. The summed E-state index contributed by atoms with van der Waals surface area (Å²) in [5.74, 6) is 0.302. The van der Waals surface area contributed by atoms with E-state index in [4.69, 9.17) is 0 Å². The average molecular weight is 277 g/mol. The molecule has 1 saturated carbocycles. The van der Waals surface area contributed by atoms with Crippen LogP contribution in [0.4, 0.5) is 0 Å². The Hall–Kier alpha value is -1.62. The molecule has 1 unspecified atom stereocenters. The highest BCUT2D eigenvalue weighted by atomic mass is 32.2. The van der Waals surface area contributed by atoms with Crippen LogP contribution in [0.1, 0.15) is 18.4 Å². The highest BCUT2D eigenvalue weighted by molar-refractivity contribution is 7.89. The molecular weight excluding hydrogens is 262 g/mol. The molecular formula is C14H15NO3S. The van der Waals surface area contributed by atoms with Crippen LogP contribution < -0.4 is 0 Å². The predicted octanol–water partition coefficient (Wildman–Crippen LogP) is 1.86. The lowest BCUT2D eigenvalue weighted by atomic mass is 10.1. The van der Waals surface area contributed by atoms with Gasteiger partial charge in [-0.2, -0.15) is 0 Å². The molecule has 1 fully saturated rings. The van der Waals surface area contributed by atoms with Gasteiger partial charge in [0, 0.05) is 31.5 Å². The number of carbonyl (C=O) groups is 1. The van der Waals surface area contributed by atoms with E-state index in [2.05, 4.69) is 0 Å². The first-order chi connectivity index (χ1) is 8.96. The number of Topliss-reactive ketones (excluding diaryl/α,β-unsaturated/α-hetero) is 1. The van der Waals surface area contributed by atoms with Crippen molar-refractivity contribution in [2.75, 3.05) is 6.54 Å². The third-order valence-corrected chi connectivity index (χ3v) is 5.48. The third kappa shape index (κ3) is 2.08. The first-order valence-corrected chi connectivity index (χ1v) is 7.71. The first-order valence-electron chi connectivity index (χ1n) is 6.27. The summed E-state index contributed by atoms with van der Waals surface area (Å²) in [7, 11) is -3.47. The normalized spacial score (nSPS) is 22.6. The van der Waals surface area contributed by atoms with Crippen molar-refractivity contribution in [2.45, 2.75) is 24.7 Å². The summed E-state index contributed by atoms with van der Waals surface area (Å²) in [4.78, 5) is 11.6. The van der Waals surface area contributed by atoms with Crippen molar-refractivity contribution in [3.8, 4) is 0 Å². The second-order valence-corrected chi connectivity index (χ2v) is 7.10. The number of nitrogens with zero attached hydrogens (tertiary/aromatic N) is 1. The zero-order chi connectivity index (χ0) is 13.6. The maximum Gasteiger partial charge on any atom is 0.263 e. The number of sulfonamides is 1. The van der Waals surface area contributed by atoms with Gasteiger partial charge in [-0.1, -0.05) is 17.7 Å². The molecule has 3 rings (SSSR count). The summed E-state index contributed by atoms with van der Waals surface area (Å²) < 4.78 is 26.3. The van der Waals surface area contributed by atoms with Gasteiger partial charge in [0.2, 0.25) is 0 Å². The molecule has 1 aromatic rings. The average Bonchev–Trinajstić information content (AvgIpc) is 2.87. The fourth-order valence-electron chi connectivity index (χ4n) is 2.65. The highest BCUT2D eigenvalue weighted by Crippen LogP contribution is 2.36. The van der Waals surface area contributed by atoms with Crippen LogP contribution in [-0.2, 0) is 14.8 Å². The molecule has 0 radical (unpaired) electrons. The summed E-state index contributed by atoms with van der Waals surface area (Å²) in [5, 5.41) is 0. The fraction of sp³-hybridized carbons (Fsp3) is 0.357. The Balaban J connectivity index is 1.91. The van der Waals surface area contributed by atoms with E-state index in [0.717, 1.165) is 11.1 Å². The Morgan fingerprint density at radius 2 is 1.89 bits per heavy atom. The number of hydrogen-bond donors (Lipinski definition) is 0. The second kappa shape index (κ2) is 4.20. The minimum Gasteiger partial charge on any atom is -0.299 e. The Kier molecular flexibility index (Phi) is 2.74. The van der Waals surface area contributed by atoms with Gasteiger partial charge >= 0.3 is 0 Å². The van der Waals surface area contributed by atoms with Crippen LogP contribution >= 0.6 is 0 Å². The number of fused-ring (bicyclic) bond motifs is 1. The van der Waals surface area contributed by atoms with Crippen molar-refractivity contribution in [2.24, 2.45) is 5.92 Å². The molecule has 1 aliphatic heterocycles. The van der Waals surface area contributed by atoms with Crippen LogP contribution in [0.15, 0.2) is 40.9 Å². The van der Waals surface area contributed by atoms with Gasteiger partial charge in [-0.15, -0.1) is 0 Å². The van der Waals surface area contributed by atoms with Crippen molar-refractivity contribution in [1.29, 1.82) is 0 Å². The number of benzene rings is 1. The molecule has 2 aliphatic rings. The SMILES string of the molecule is Cc1ccc(S(=O)(=O)N2C=C3CC(=O)CC3C2)cc1. The summed E-state index contributed by atoms with van der Waals surface area (Å²) in [5.41, 5.74) is 1.99. The van der Waals surface area contributed by atoms with Gasteiger partial charge in [-0.05, 0) is 24.6 Å². The van der Waals surface area contributed by atoms with Gasteiger partial charge in [-0.3, -0.25) is 9.10 Å². The number of carbonyl (C=O) groups excluding carboxylic acids is 1. The summed E-state index contributed by atoms with van der Waals surface area (Å²) in [6.07, 6.45) is 2.53. The van der Waals surface area contributed by atoms with Crippen LogP contribution in [0.2, 0.25) is 0 Å². The largest absolute Gasteiger partial charge is 0.299 e. The lowest BCUT2D eigenvalue weighted by molar-refractivity contribution is -0.117. The zero-order valence-electron chi connectivity index (χ0n) is 10.7. The molecule has 0 aromatic heterocycles. The van der Waals surface area contributed by atoms with E-state index in [1.165, 1.54) is 4.31 Å². The van der Waals surface area contributed by atoms with Crippen molar-refractivity contribution in [3.63, 3.8) is 0 Å². The van der Waals surface area contributed by atoms with E-state index in [1.807, 2.05) is 6.92 Å². The van der Waals surface area contributed by atoms with E-state index >= 15 is 0 Å². The third-order valence-electron chi connectivity index (χ3n) is 3.74. The van der Waals surface area contributed by atoms with Gasteiger partial charge in [-0.25, -0.2) is 8.42 Å². The maximum absolute atomic E-state index is 12.5. The molecule has 1 heterocycles. The molecule has 100 valence electrons. The first kappa shape index (κ1) is 12.4. The molecule has 0 spiro atoms. The Morgan fingerprint density at radius 1 is 1.21 bits per heavy atom.